The molecule has 0 aliphatic carbocycles. The number of hydrogen-bond donors (Lipinski definition) is 1. The highest BCUT2D eigenvalue weighted by Gasteiger charge is 2.38. The zero-order valence-electron chi connectivity index (χ0n) is 13.7. The summed E-state index contributed by atoms with van der Waals surface area (Å²) in [5.41, 5.74) is 2.79. The number of benzene rings is 1. The van der Waals surface area contributed by atoms with Crippen LogP contribution in [0.2, 0.25) is 0 Å². The Morgan fingerprint density at radius 1 is 1.33 bits per heavy atom. The summed E-state index contributed by atoms with van der Waals surface area (Å²) in [5, 5.41) is 11.9. The van der Waals surface area contributed by atoms with Gasteiger partial charge in [0, 0.05) is 24.4 Å². The van der Waals surface area contributed by atoms with Gasteiger partial charge < -0.3 is 10.0 Å². The summed E-state index contributed by atoms with van der Waals surface area (Å²) in [7, 11) is 0. The molecule has 24 heavy (non-hydrogen) atoms. The molecule has 3 rings (SSSR count). The molecule has 1 aromatic carbocycles. The third kappa shape index (κ3) is 3.33. The van der Waals surface area contributed by atoms with Gasteiger partial charge in [-0.1, -0.05) is 29.8 Å². The van der Waals surface area contributed by atoms with Crippen LogP contribution in [0.1, 0.15) is 40.0 Å². The van der Waals surface area contributed by atoms with Crippen LogP contribution in [-0.2, 0) is 11.2 Å². The van der Waals surface area contributed by atoms with Crippen LogP contribution < -0.4 is 0 Å². The van der Waals surface area contributed by atoms with Gasteiger partial charge in [-0.15, -0.1) is 11.3 Å². The molecule has 1 amide bonds. The zero-order chi connectivity index (χ0) is 17.3. The average molecular weight is 344 g/mol. The standard InChI is InChI=1S/C18H20N2O3S/c1-11-3-5-13(6-4-11)9-16-19-15(10-24-16)17(21)20-8-7-14(12(20)2)18(22)23/h3-6,10,12,14H,7-9H2,1-2H3,(H,22,23). The molecule has 1 fully saturated rings. The smallest absolute Gasteiger partial charge is 0.308 e. The maximum Gasteiger partial charge on any atom is 0.308 e. The topological polar surface area (TPSA) is 70.5 Å². The van der Waals surface area contributed by atoms with Crippen molar-refractivity contribution < 1.29 is 14.7 Å². The summed E-state index contributed by atoms with van der Waals surface area (Å²) < 4.78 is 0. The third-order valence-electron chi connectivity index (χ3n) is 4.58. The minimum Gasteiger partial charge on any atom is -0.481 e. The van der Waals surface area contributed by atoms with Gasteiger partial charge in [0.15, 0.2) is 0 Å². The molecule has 1 N–H and O–H groups in total. The Labute approximate surface area is 145 Å². The molecule has 5 nitrogen and oxygen atoms in total. The molecule has 0 saturated carbocycles. The van der Waals surface area contributed by atoms with Gasteiger partial charge in [-0.2, -0.15) is 0 Å². The Bertz CT molecular complexity index is 754. The number of aliphatic carboxylic acids is 1. The van der Waals surface area contributed by atoms with Crippen LogP contribution in [0.3, 0.4) is 0 Å². The number of rotatable bonds is 4. The fourth-order valence-corrected chi connectivity index (χ4v) is 3.88. The van der Waals surface area contributed by atoms with Gasteiger partial charge in [-0.25, -0.2) is 4.98 Å². The Kier molecular flexibility index (Phi) is 4.66. The molecule has 126 valence electrons. The quantitative estimate of drug-likeness (QED) is 0.926. The largest absolute Gasteiger partial charge is 0.481 e. The summed E-state index contributed by atoms with van der Waals surface area (Å²) in [6.45, 7) is 4.32. The number of thiazole rings is 1. The van der Waals surface area contributed by atoms with Gasteiger partial charge in [-0.05, 0) is 25.8 Å². The number of hydrogen-bond acceptors (Lipinski definition) is 4. The summed E-state index contributed by atoms with van der Waals surface area (Å²) in [6, 6.07) is 7.97. The number of amides is 1. The van der Waals surface area contributed by atoms with Gasteiger partial charge in [0.05, 0.1) is 10.9 Å². The van der Waals surface area contributed by atoms with Crippen LogP contribution in [0.4, 0.5) is 0 Å². The van der Waals surface area contributed by atoms with Crippen LogP contribution in [0.5, 0.6) is 0 Å². The van der Waals surface area contributed by atoms with Crippen molar-refractivity contribution in [1.29, 1.82) is 0 Å². The van der Waals surface area contributed by atoms with Crippen LogP contribution in [0.25, 0.3) is 0 Å². The molecule has 2 heterocycles. The summed E-state index contributed by atoms with van der Waals surface area (Å²) >= 11 is 1.47. The predicted octanol–water partition coefficient (Wildman–Crippen LogP) is 2.98. The number of carboxylic acids is 1. The number of nitrogens with zero attached hydrogens (tertiary/aromatic N) is 2. The van der Waals surface area contributed by atoms with E-state index in [1.807, 2.05) is 6.92 Å². The van der Waals surface area contributed by atoms with E-state index in [0.717, 1.165) is 10.6 Å². The summed E-state index contributed by atoms with van der Waals surface area (Å²) in [6.07, 6.45) is 1.20. The molecular formula is C18H20N2O3S. The zero-order valence-corrected chi connectivity index (χ0v) is 14.5. The highest BCUT2D eigenvalue weighted by molar-refractivity contribution is 7.09. The first-order chi connectivity index (χ1) is 11.5. The van der Waals surface area contributed by atoms with E-state index in [1.54, 1.807) is 17.2 Å². The molecule has 1 aliphatic heterocycles. The van der Waals surface area contributed by atoms with Gasteiger partial charge in [0.1, 0.15) is 5.69 Å². The van der Waals surface area contributed by atoms with E-state index in [-0.39, 0.29) is 11.9 Å². The Balaban J connectivity index is 1.70. The van der Waals surface area contributed by atoms with E-state index in [1.165, 1.54) is 16.9 Å². The lowest BCUT2D eigenvalue weighted by atomic mass is 10.0. The van der Waals surface area contributed by atoms with Crippen LogP contribution in [0.15, 0.2) is 29.6 Å². The minimum atomic E-state index is -0.837. The first-order valence-corrected chi connectivity index (χ1v) is 8.87. The number of carbonyl (C=O) groups is 2. The van der Waals surface area contributed by atoms with E-state index < -0.39 is 11.9 Å². The average Bonchev–Trinajstić information content (AvgIpc) is 3.16. The molecule has 2 aromatic rings. The molecule has 1 aliphatic rings. The van der Waals surface area contributed by atoms with Crippen LogP contribution >= 0.6 is 11.3 Å². The number of carbonyl (C=O) groups excluding carboxylic acids is 1. The van der Waals surface area contributed by atoms with Crippen molar-refractivity contribution >= 4 is 23.2 Å². The maximum atomic E-state index is 12.6. The lowest BCUT2D eigenvalue weighted by Crippen LogP contribution is -2.37. The Hall–Kier alpha value is -2.21. The number of likely N-dealkylation sites (tertiary alicyclic amines) is 1. The lowest BCUT2D eigenvalue weighted by Gasteiger charge is -2.22. The van der Waals surface area contributed by atoms with Crippen molar-refractivity contribution in [2.75, 3.05) is 6.54 Å². The molecule has 1 aromatic heterocycles. The SMILES string of the molecule is Cc1ccc(Cc2nc(C(=O)N3CCC(C(=O)O)C3C)cs2)cc1. The monoisotopic (exact) mass is 344 g/mol. The van der Waals surface area contributed by atoms with Crippen LogP contribution in [0, 0.1) is 12.8 Å². The van der Waals surface area contributed by atoms with Gasteiger partial charge >= 0.3 is 5.97 Å². The normalized spacial score (nSPS) is 20.3. The highest BCUT2D eigenvalue weighted by Crippen LogP contribution is 2.26. The predicted molar refractivity (Wildman–Crippen MR) is 92.3 cm³/mol. The first-order valence-electron chi connectivity index (χ1n) is 7.99. The van der Waals surface area contributed by atoms with Crippen molar-refractivity contribution in [3.63, 3.8) is 0 Å². The van der Waals surface area contributed by atoms with Crippen LogP contribution in [-0.4, -0.2) is 39.5 Å². The van der Waals surface area contributed by atoms with E-state index in [2.05, 4.69) is 29.2 Å². The van der Waals surface area contributed by atoms with Crippen molar-refractivity contribution in [1.82, 2.24) is 9.88 Å². The lowest BCUT2D eigenvalue weighted by molar-refractivity contribution is -0.142. The second-order valence-electron chi connectivity index (χ2n) is 6.26. The van der Waals surface area contributed by atoms with Gasteiger partial charge in [-0.3, -0.25) is 9.59 Å². The number of carboxylic acid groups (broad SMARTS) is 1. The number of aryl methyl sites for hydroxylation is 1. The first kappa shape index (κ1) is 16.6. The minimum absolute atomic E-state index is 0.169. The maximum absolute atomic E-state index is 12.6. The number of aromatic nitrogens is 1. The second kappa shape index (κ2) is 6.73. The fourth-order valence-electron chi connectivity index (χ4n) is 3.07. The molecule has 1 saturated heterocycles. The van der Waals surface area contributed by atoms with E-state index in [0.29, 0.717) is 25.1 Å². The Morgan fingerprint density at radius 2 is 2.04 bits per heavy atom. The molecule has 2 unspecified atom stereocenters. The molecule has 0 spiro atoms. The van der Waals surface area contributed by atoms with Crippen molar-refractivity contribution in [3.05, 3.63) is 51.5 Å². The molecule has 2 atom stereocenters. The molecule has 0 bridgehead atoms. The molecule has 0 radical (unpaired) electrons. The second-order valence-corrected chi connectivity index (χ2v) is 7.20. The summed E-state index contributed by atoms with van der Waals surface area (Å²) in [5.74, 6) is -1.49. The third-order valence-corrected chi connectivity index (χ3v) is 5.43. The summed E-state index contributed by atoms with van der Waals surface area (Å²) in [4.78, 5) is 29.9. The van der Waals surface area contributed by atoms with Crippen molar-refractivity contribution in [2.24, 2.45) is 5.92 Å². The van der Waals surface area contributed by atoms with E-state index >= 15 is 0 Å². The van der Waals surface area contributed by atoms with Gasteiger partial charge in [0.25, 0.3) is 5.91 Å². The molecular weight excluding hydrogens is 324 g/mol. The van der Waals surface area contributed by atoms with E-state index in [4.69, 9.17) is 0 Å². The highest BCUT2D eigenvalue weighted by atomic mass is 32.1. The van der Waals surface area contributed by atoms with Gasteiger partial charge in [0.2, 0.25) is 0 Å². The molecule has 6 heteroatoms. The van der Waals surface area contributed by atoms with Crippen molar-refractivity contribution in [2.45, 2.75) is 32.7 Å². The van der Waals surface area contributed by atoms with Crippen molar-refractivity contribution in [3.8, 4) is 0 Å². The Morgan fingerprint density at radius 3 is 2.67 bits per heavy atom. The van der Waals surface area contributed by atoms with E-state index in [9.17, 15) is 14.7 Å². The fraction of sp³-hybridized carbons (Fsp3) is 0.389.